The third-order valence-corrected chi connectivity index (χ3v) is 3.54. The zero-order valence-corrected chi connectivity index (χ0v) is 11.9. The quantitative estimate of drug-likeness (QED) is 0.553. The van der Waals surface area contributed by atoms with Gasteiger partial charge in [0.05, 0.1) is 11.0 Å². The first-order chi connectivity index (χ1) is 8.97. The molecule has 3 aromatic rings. The first-order valence-electron chi connectivity index (χ1n) is 6.62. The fraction of sp³-hybridized carbons (Fsp3) is 0.294. The number of fused-ring (bicyclic) bond motifs is 3. The van der Waals surface area contributed by atoms with Crippen LogP contribution in [0.5, 0.6) is 0 Å². The summed E-state index contributed by atoms with van der Waals surface area (Å²) in [6.07, 6.45) is 1.83. The van der Waals surface area contributed by atoms with Gasteiger partial charge in [0, 0.05) is 28.1 Å². The van der Waals surface area contributed by atoms with Gasteiger partial charge in [-0.15, -0.1) is 0 Å². The van der Waals surface area contributed by atoms with Crippen LogP contribution in [0, 0.1) is 6.92 Å². The zero-order chi connectivity index (χ0) is 13.6. The molecule has 0 saturated heterocycles. The summed E-state index contributed by atoms with van der Waals surface area (Å²) in [5.74, 6) is 0. The second kappa shape index (κ2) is 4.02. The van der Waals surface area contributed by atoms with Crippen molar-refractivity contribution in [3.8, 4) is 0 Å². The van der Waals surface area contributed by atoms with Gasteiger partial charge in [-0.2, -0.15) is 0 Å². The molecule has 2 heterocycles. The standard InChI is InChI=1S/C17H18N2/c1-11-10-15(17(2,3)4)19-16-12(11)7-8-14-13(16)6-5-9-18-14/h5-10H,1-4H3. The molecule has 1 aromatic carbocycles. The van der Waals surface area contributed by atoms with E-state index in [-0.39, 0.29) is 5.41 Å². The van der Waals surface area contributed by atoms with Gasteiger partial charge in [-0.25, -0.2) is 0 Å². The molecule has 0 saturated carbocycles. The maximum atomic E-state index is 4.90. The van der Waals surface area contributed by atoms with Crippen molar-refractivity contribution < 1.29 is 0 Å². The minimum atomic E-state index is 0.0589. The van der Waals surface area contributed by atoms with Crippen molar-refractivity contribution in [1.82, 2.24) is 9.97 Å². The average Bonchev–Trinajstić information content (AvgIpc) is 2.37. The van der Waals surface area contributed by atoms with Gasteiger partial charge in [0.1, 0.15) is 0 Å². The van der Waals surface area contributed by atoms with Crippen molar-refractivity contribution >= 4 is 21.8 Å². The molecule has 19 heavy (non-hydrogen) atoms. The van der Waals surface area contributed by atoms with Crippen molar-refractivity contribution in [3.63, 3.8) is 0 Å². The molecule has 2 aromatic heterocycles. The van der Waals surface area contributed by atoms with Crippen LogP contribution in [-0.2, 0) is 5.41 Å². The number of rotatable bonds is 0. The Bertz CT molecular complexity index is 767. The van der Waals surface area contributed by atoms with E-state index in [4.69, 9.17) is 4.98 Å². The third-order valence-electron chi connectivity index (χ3n) is 3.54. The predicted octanol–water partition coefficient (Wildman–Crippen LogP) is 4.39. The van der Waals surface area contributed by atoms with Crippen molar-refractivity contribution in [1.29, 1.82) is 0 Å². The fourth-order valence-electron chi connectivity index (χ4n) is 2.40. The van der Waals surface area contributed by atoms with E-state index in [0.717, 1.165) is 22.1 Å². The molecule has 0 aliphatic heterocycles. The van der Waals surface area contributed by atoms with Crippen molar-refractivity contribution in [2.75, 3.05) is 0 Å². The Balaban J connectivity index is 2.47. The summed E-state index contributed by atoms with van der Waals surface area (Å²) in [6, 6.07) is 10.5. The molecule has 0 N–H and O–H groups in total. The molecule has 96 valence electrons. The number of benzene rings is 1. The molecule has 0 atom stereocenters. The van der Waals surface area contributed by atoms with E-state index >= 15 is 0 Å². The van der Waals surface area contributed by atoms with Gasteiger partial charge >= 0.3 is 0 Å². The lowest BCUT2D eigenvalue weighted by atomic mass is 9.90. The summed E-state index contributed by atoms with van der Waals surface area (Å²) in [6.45, 7) is 8.75. The van der Waals surface area contributed by atoms with Gasteiger partial charge in [0.15, 0.2) is 0 Å². The molecule has 0 bridgehead atoms. The highest BCUT2D eigenvalue weighted by molar-refractivity contribution is 6.04. The van der Waals surface area contributed by atoms with Crippen LogP contribution in [0.25, 0.3) is 21.8 Å². The van der Waals surface area contributed by atoms with Gasteiger partial charge in [-0.05, 0) is 36.8 Å². The molecular weight excluding hydrogens is 232 g/mol. The van der Waals surface area contributed by atoms with E-state index in [0.29, 0.717) is 0 Å². The molecule has 0 unspecified atom stereocenters. The zero-order valence-electron chi connectivity index (χ0n) is 11.9. The molecule has 2 heteroatoms. The highest BCUT2D eigenvalue weighted by Crippen LogP contribution is 2.29. The molecule has 0 spiro atoms. The number of hydrogen-bond donors (Lipinski definition) is 0. The number of aromatic nitrogens is 2. The molecule has 0 fully saturated rings. The van der Waals surface area contributed by atoms with Gasteiger partial charge in [-0.3, -0.25) is 9.97 Å². The van der Waals surface area contributed by atoms with Crippen LogP contribution in [-0.4, -0.2) is 9.97 Å². The van der Waals surface area contributed by atoms with Crippen molar-refractivity contribution in [3.05, 3.63) is 47.8 Å². The molecule has 3 rings (SSSR count). The number of aryl methyl sites for hydroxylation is 1. The largest absolute Gasteiger partial charge is 0.256 e. The van der Waals surface area contributed by atoms with Gasteiger partial charge in [-0.1, -0.05) is 26.8 Å². The summed E-state index contributed by atoms with van der Waals surface area (Å²) in [4.78, 5) is 9.31. The molecular formula is C17H18N2. The van der Waals surface area contributed by atoms with Crippen LogP contribution in [0.3, 0.4) is 0 Å². The molecule has 0 aliphatic rings. The maximum Gasteiger partial charge on any atom is 0.0802 e. The lowest BCUT2D eigenvalue weighted by molar-refractivity contribution is 0.571. The normalized spacial score (nSPS) is 12.2. The van der Waals surface area contributed by atoms with Crippen LogP contribution in [0.1, 0.15) is 32.0 Å². The number of pyridine rings is 2. The minimum absolute atomic E-state index is 0.0589. The van der Waals surface area contributed by atoms with E-state index in [1.54, 1.807) is 0 Å². The first-order valence-corrected chi connectivity index (χ1v) is 6.62. The predicted molar refractivity (Wildman–Crippen MR) is 80.5 cm³/mol. The lowest BCUT2D eigenvalue weighted by Crippen LogP contribution is -2.13. The van der Waals surface area contributed by atoms with E-state index in [9.17, 15) is 0 Å². The Morgan fingerprint density at radius 1 is 1.00 bits per heavy atom. The fourth-order valence-corrected chi connectivity index (χ4v) is 2.40. The highest BCUT2D eigenvalue weighted by atomic mass is 14.7. The van der Waals surface area contributed by atoms with E-state index in [1.165, 1.54) is 10.9 Å². The Morgan fingerprint density at radius 3 is 2.53 bits per heavy atom. The van der Waals surface area contributed by atoms with Gasteiger partial charge in [0.25, 0.3) is 0 Å². The Hall–Kier alpha value is -1.96. The Labute approximate surface area is 113 Å². The van der Waals surface area contributed by atoms with E-state index in [2.05, 4.69) is 56.9 Å². The smallest absolute Gasteiger partial charge is 0.0802 e. The van der Waals surface area contributed by atoms with Crippen LogP contribution in [0.2, 0.25) is 0 Å². The Morgan fingerprint density at radius 2 is 1.79 bits per heavy atom. The second-order valence-corrected chi connectivity index (χ2v) is 6.11. The maximum absolute atomic E-state index is 4.90. The third kappa shape index (κ3) is 1.97. The summed E-state index contributed by atoms with van der Waals surface area (Å²) in [5.41, 5.74) is 4.54. The molecule has 0 aliphatic carbocycles. The topological polar surface area (TPSA) is 25.8 Å². The van der Waals surface area contributed by atoms with Crippen LogP contribution in [0.15, 0.2) is 36.5 Å². The minimum Gasteiger partial charge on any atom is -0.256 e. The van der Waals surface area contributed by atoms with Crippen LogP contribution in [0.4, 0.5) is 0 Å². The van der Waals surface area contributed by atoms with Crippen LogP contribution < -0.4 is 0 Å². The van der Waals surface area contributed by atoms with E-state index < -0.39 is 0 Å². The highest BCUT2D eigenvalue weighted by Gasteiger charge is 2.17. The molecule has 0 radical (unpaired) electrons. The summed E-state index contributed by atoms with van der Waals surface area (Å²) in [5, 5.41) is 2.35. The van der Waals surface area contributed by atoms with Gasteiger partial charge in [0.2, 0.25) is 0 Å². The number of hydrogen-bond acceptors (Lipinski definition) is 2. The molecule has 0 amide bonds. The van der Waals surface area contributed by atoms with Crippen molar-refractivity contribution in [2.45, 2.75) is 33.1 Å². The van der Waals surface area contributed by atoms with Gasteiger partial charge < -0.3 is 0 Å². The molecule has 2 nitrogen and oxygen atoms in total. The number of nitrogens with zero attached hydrogens (tertiary/aromatic N) is 2. The SMILES string of the molecule is Cc1cc(C(C)(C)C)nc2c1ccc1ncccc12. The second-order valence-electron chi connectivity index (χ2n) is 6.11. The summed E-state index contributed by atoms with van der Waals surface area (Å²) in [7, 11) is 0. The van der Waals surface area contributed by atoms with Crippen LogP contribution >= 0.6 is 0 Å². The average molecular weight is 250 g/mol. The first kappa shape index (κ1) is 12.1. The summed E-state index contributed by atoms with van der Waals surface area (Å²) >= 11 is 0. The van der Waals surface area contributed by atoms with E-state index in [1.807, 2.05) is 12.3 Å². The monoisotopic (exact) mass is 250 g/mol. The summed E-state index contributed by atoms with van der Waals surface area (Å²) < 4.78 is 0. The lowest BCUT2D eigenvalue weighted by Gasteiger charge is -2.19. The van der Waals surface area contributed by atoms with Crippen molar-refractivity contribution in [2.24, 2.45) is 0 Å². The Kier molecular flexibility index (Phi) is 2.56.